The lowest BCUT2D eigenvalue weighted by Crippen LogP contribution is -2.25. The molecule has 0 aliphatic rings. The Hall–Kier alpha value is -3.15. The zero-order chi connectivity index (χ0) is 20.2. The number of benzene rings is 2. The highest BCUT2D eigenvalue weighted by atomic mass is 16.5. The highest BCUT2D eigenvalue weighted by Crippen LogP contribution is 2.17. The number of para-hydroxylation sites is 2. The Morgan fingerprint density at radius 3 is 2.57 bits per heavy atom. The average Bonchev–Trinajstić information content (AvgIpc) is 2.69. The van der Waals surface area contributed by atoms with Gasteiger partial charge < -0.3 is 10.1 Å². The Balaban J connectivity index is 1.86. The van der Waals surface area contributed by atoms with E-state index >= 15 is 0 Å². The highest BCUT2D eigenvalue weighted by molar-refractivity contribution is 6.04. The fraction of sp³-hybridized carbons (Fsp3) is 0.318. The van der Waals surface area contributed by atoms with Crippen LogP contribution in [0.15, 0.2) is 53.6 Å². The maximum absolute atomic E-state index is 12.1. The van der Waals surface area contributed by atoms with Crippen LogP contribution in [0.2, 0.25) is 0 Å². The van der Waals surface area contributed by atoms with E-state index in [1.165, 1.54) is 6.21 Å². The van der Waals surface area contributed by atoms with Crippen molar-refractivity contribution in [2.24, 2.45) is 5.10 Å². The van der Waals surface area contributed by atoms with Gasteiger partial charge in [-0.1, -0.05) is 50.6 Å². The maximum Gasteiger partial charge on any atom is 0.249 e. The first kappa shape index (κ1) is 21.2. The van der Waals surface area contributed by atoms with Crippen LogP contribution < -0.4 is 15.5 Å². The normalized spacial score (nSPS) is 10.6. The summed E-state index contributed by atoms with van der Waals surface area (Å²) in [5, 5.41) is 6.71. The van der Waals surface area contributed by atoms with E-state index in [1.807, 2.05) is 55.5 Å². The van der Waals surface area contributed by atoms with Crippen LogP contribution >= 0.6 is 0 Å². The molecule has 0 radical (unpaired) electrons. The average molecular weight is 381 g/mol. The van der Waals surface area contributed by atoms with Gasteiger partial charge >= 0.3 is 0 Å². The van der Waals surface area contributed by atoms with Gasteiger partial charge in [-0.15, -0.1) is 0 Å². The minimum atomic E-state index is -0.480. The molecule has 0 unspecified atom stereocenters. The molecular weight excluding hydrogens is 354 g/mol. The van der Waals surface area contributed by atoms with E-state index in [9.17, 15) is 9.59 Å². The number of unbranched alkanes of at least 4 members (excludes halogenated alkanes) is 1. The van der Waals surface area contributed by atoms with Gasteiger partial charge in [0.05, 0.1) is 12.8 Å². The van der Waals surface area contributed by atoms with E-state index in [-0.39, 0.29) is 12.3 Å². The number of amides is 2. The molecule has 6 heteroatoms. The minimum Gasteiger partial charge on any atom is -0.493 e. The second kappa shape index (κ2) is 11.5. The summed E-state index contributed by atoms with van der Waals surface area (Å²) in [4.78, 5) is 24.0. The molecule has 2 aromatic carbocycles. The molecule has 2 N–H and O–H groups in total. The van der Waals surface area contributed by atoms with Crippen LogP contribution in [0.4, 0.5) is 5.69 Å². The number of hydrogen-bond donors (Lipinski definition) is 2. The molecular formula is C22H27N3O3. The number of anilines is 1. The lowest BCUT2D eigenvalue weighted by molar-refractivity contribution is -0.126. The van der Waals surface area contributed by atoms with E-state index in [4.69, 9.17) is 4.74 Å². The Morgan fingerprint density at radius 1 is 1.04 bits per heavy atom. The van der Waals surface area contributed by atoms with Crippen LogP contribution in [0.1, 0.15) is 44.2 Å². The first-order chi connectivity index (χ1) is 13.6. The van der Waals surface area contributed by atoms with E-state index in [1.54, 1.807) is 0 Å². The zero-order valence-corrected chi connectivity index (χ0v) is 16.4. The molecule has 0 aliphatic heterocycles. The minimum absolute atomic E-state index is 0.302. The van der Waals surface area contributed by atoms with Gasteiger partial charge in [-0.3, -0.25) is 9.59 Å². The van der Waals surface area contributed by atoms with Crippen molar-refractivity contribution in [2.75, 3.05) is 11.9 Å². The molecule has 0 bridgehead atoms. The van der Waals surface area contributed by atoms with E-state index < -0.39 is 5.91 Å². The van der Waals surface area contributed by atoms with Crippen molar-refractivity contribution in [3.63, 3.8) is 0 Å². The van der Waals surface area contributed by atoms with Gasteiger partial charge in [0.25, 0.3) is 0 Å². The summed E-state index contributed by atoms with van der Waals surface area (Å²) in [5.41, 5.74) is 4.90. The van der Waals surface area contributed by atoms with Gasteiger partial charge in [-0.25, -0.2) is 5.43 Å². The molecule has 0 saturated heterocycles. The summed E-state index contributed by atoms with van der Waals surface area (Å²) in [7, 11) is 0. The number of carbonyl (C=O) groups excluding carboxylic acids is 2. The first-order valence-electron chi connectivity index (χ1n) is 9.55. The molecule has 0 saturated carbocycles. The molecule has 0 atom stereocenters. The van der Waals surface area contributed by atoms with Crippen LogP contribution in [0.3, 0.4) is 0 Å². The third-order valence-corrected chi connectivity index (χ3v) is 4.06. The third kappa shape index (κ3) is 6.87. The van der Waals surface area contributed by atoms with E-state index in [0.717, 1.165) is 36.1 Å². The van der Waals surface area contributed by atoms with Gasteiger partial charge in [0, 0.05) is 11.3 Å². The molecule has 0 fully saturated rings. The number of aryl methyl sites for hydroxylation is 1. The second-order valence-corrected chi connectivity index (χ2v) is 6.27. The molecule has 28 heavy (non-hydrogen) atoms. The quantitative estimate of drug-likeness (QED) is 0.283. The molecule has 0 spiro atoms. The zero-order valence-electron chi connectivity index (χ0n) is 16.4. The molecule has 0 aliphatic carbocycles. The smallest absolute Gasteiger partial charge is 0.249 e. The molecule has 148 valence electrons. The fourth-order valence-electron chi connectivity index (χ4n) is 2.55. The Morgan fingerprint density at radius 2 is 1.79 bits per heavy atom. The van der Waals surface area contributed by atoms with Gasteiger partial charge in [-0.05, 0) is 36.6 Å². The topological polar surface area (TPSA) is 79.8 Å². The van der Waals surface area contributed by atoms with Gasteiger partial charge in [0.15, 0.2) is 0 Å². The molecule has 2 rings (SSSR count). The summed E-state index contributed by atoms with van der Waals surface area (Å²) >= 11 is 0. The number of nitrogens with zero attached hydrogens (tertiary/aromatic N) is 1. The number of carbonyl (C=O) groups is 2. The van der Waals surface area contributed by atoms with Crippen LogP contribution in [0.25, 0.3) is 0 Å². The van der Waals surface area contributed by atoms with Crippen LogP contribution in [0, 0.1) is 0 Å². The van der Waals surface area contributed by atoms with Crippen molar-refractivity contribution in [1.82, 2.24) is 5.43 Å². The van der Waals surface area contributed by atoms with Crippen molar-refractivity contribution in [2.45, 2.75) is 39.5 Å². The first-order valence-corrected chi connectivity index (χ1v) is 9.55. The van der Waals surface area contributed by atoms with Gasteiger partial charge in [-0.2, -0.15) is 5.10 Å². The van der Waals surface area contributed by atoms with Gasteiger partial charge in [0.2, 0.25) is 11.8 Å². The number of hydrogen-bond acceptors (Lipinski definition) is 4. The number of hydrazone groups is 1. The maximum atomic E-state index is 12.1. The van der Waals surface area contributed by atoms with Crippen molar-refractivity contribution < 1.29 is 14.3 Å². The molecule has 0 heterocycles. The molecule has 6 nitrogen and oxygen atoms in total. The fourth-order valence-corrected chi connectivity index (χ4v) is 2.55. The van der Waals surface area contributed by atoms with Crippen molar-refractivity contribution in [3.8, 4) is 5.75 Å². The number of rotatable bonds is 10. The SMILES string of the molecule is CCCCOc1ccccc1C=NNC(=O)CC(=O)Nc1ccccc1CC. The second-order valence-electron chi connectivity index (χ2n) is 6.27. The van der Waals surface area contributed by atoms with E-state index in [0.29, 0.717) is 12.4 Å². The van der Waals surface area contributed by atoms with Crippen LogP contribution in [-0.4, -0.2) is 24.6 Å². The monoisotopic (exact) mass is 381 g/mol. The Bertz CT molecular complexity index is 818. The predicted octanol–water partition coefficient (Wildman–Crippen LogP) is 3.91. The number of ether oxygens (including phenoxy) is 1. The Kier molecular flexibility index (Phi) is 8.72. The van der Waals surface area contributed by atoms with Crippen molar-refractivity contribution >= 4 is 23.7 Å². The lowest BCUT2D eigenvalue weighted by Gasteiger charge is -2.09. The van der Waals surface area contributed by atoms with Gasteiger partial charge in [0.1, 0.15) is 12.2 Å². The lowest BCUT2D eigenvalue weighted by atomic mass is 10.1. The number of nitrogens with one attached hydrogen (secondary N) is 2. The standard InChI is InChI=1S/C22H27N3O3/c1-3-5-14-28-20-13-9-7-11-18(20)16-23-25-22(27)15-21(26)24-19-12-8-6-10-17(19)4-2/h6-13,16H,3-5,14-15H2,1-2H3,(H,24,26)(H,25,27). The largest absolute Gasteiger partial charge is 0.493 e. The van der Waals surface area contributed by atoms with Crippen LogP contribution in [-0.2, 0) is 16.0 Å². The summed E-state index contributed by atoms with van der Waals surface area (Å²) in [6, 6.07) is 15.0. The summed E-state index contributed by atoms with van der Waals surface area (Å²) in [6.07, 6.45) is 4.04. The third-order valence-electron chi connectivity index (χ3n) is 4.06. The van der Waals surface area contributed by atoms with Crippen LogP contribution in [0.5, 0.6) is 5.75 Å². The summed E-state index contributed by atoms with van der Waals surface area (Å²) < 4.78 is 5.72. The molecule has 2 aromatic rings. The summed E-state index contributed by atoms with van der Waals surface area (Å²) in [6.45, 7) is 4.74. The van der Waals surface area contributed by atoms with E-state index in [2.05, 4.69) is 22.8 Å². The summed E-state index contributed by atoms with van der Waals surface area (Å²) in [5.74, 6) is -0.146. The predicted molar refractivity (Wildman–Crippen MR) is 112 cm³/mol. The van der Waals surface area contributed by atoms with Crippen molar-refractivity contribution in [3.05, 3.63) is 59.7 Å². The molecule has 2 amide bonds. The molecule has 0 aromatic heterocycles. The van der Waals surface area contributed by atoms with Crippen molar-refractivity contribution in [1.29, 1.82) is 0 Å². The highest BCUT2D eigenvalue weighted by Gasteiger charge is 2.10. The Labute approximate surface area is 166 Å².